The van der Waals surface area contributed by atoms with Gasteiger partial charge in [-0.3, -0.25) is 4.90 Å². The van der Waals surface area contributed by atoms with Crippen LogP contribution in [0.4, 0.5) is 5.95 Å². The highest BCUT2D eigenvalue weighted by Gasteiger charge is 2.23. The highest BCUT2D eigenvalue weighted by molar-refractivity contribution is 5.27. The van der Waals surface area contributed by atoms with Crippen molar-refractivity contribution < 1.29 is 4.42 Å². The number of likely N-dealkylation sites (tertiary alicyclic amines) is 1. The van der Waals surface area contributed by atoms with E-state index in [1.165, 1.54) is 0 Å². The Kier molecular flexibility index (Phi) is 3.69. The highest BCUT2D eigenvalue weighted by atomic mass is 16.3. The molecule has 2 aromatic heterocycles. The molecule has 5 nitrogen and oxygen atoms in total. The number of anilines is 1. The second kappa shape index (κ2) is 5.63. The molecule has 1 atom stereocenters. The topological polar surface area (TPSA) is 54.2 Å². The van der Waals surface area contributed by atoms with E-state index in [4.69, 9.17) is 4.42 Å². The number of aryl methyl sites for hydroxylation is 2. The van der Waals surface area contributed by atoms with Crippen LogP contribution in [0, 0.1) is 13.8 Å². The van der Waals surface area contributed by atoms with Crippen molar-refractivity contribution in [2.75, 3.05) is 18.4 Å². The van der Waals surface area contributed by atoms with Crippen LogP contribution in [-0.2, 0) is 6.54 Å². The van der Waals surface area contributed by atoms with Gasteiger partial charge in [-0.2, -0.15) is 0 Å². The minimum absolute atomic E-state index is 0.410. The minimum Gasteiger partial charge on any atom is -0.465 e. The predicted octanol–water partition coefficient (Wildman–Crippen LogP) is 2.37. The van der Waals surface area contributed by atoms with E-state index in [0.717, 1.165) is 49.2 Å². The lowest BCUT2D eigenvalue weighted by molar-refractivity contribution is 0.292. The van der Waals surface area contributed by atoms with Crippen molar-refractivity contribution in [3.05, 3.63) is 41.6 Å². The molecule has 1 saturated heterocycles. The third-order valence-corrected chi connectivity index (χ3v) is 3.58. The maximum absolute atomic E-state index is 5.63. The summed E-state index contributed by atoms with van der Waals surface area (Å²) in [5.74, 6) is 2.74. The lowest BCUT2D eigenvalue weighted by Gasteiger charge is -2.15. The molecule has 106 valence electrons. The van der Waals surface area contributed by atoms with Gasteiger partial charge in [0.2, 0.25) is 5.95 Å². The molecule has 5 heteroatoms. The van der Waals surface area contributed by atoms with Gasteiger partial charge in [-0.25, -0.2) is 9.97 Å². The normalized spacial score (nSPS) is 19.4. The van der Waals surface area contributed by atoms with E-state index in [1.54, 1.807) is 6.20 Å². The molecule has 3 rings (SSSR count). The van der Waals surface area contributed by atoms with E-state index in [1.807, 2.05) is 26.0 Å². The number of nitrogens with zero attached hydrogens (tertiary/aromatic N) is 3. The van der Waals surface area contributed by atoms with Gasteiger partial charge in [0, 0.05) is 31.0 Å². The Bertz CT molecular complexity index is 581. The molecular weight excluding hydrogens is 252 g/mol. The summed E-state index contributed by atoms with van der Waals surface area (Å²) >= 11 is 0. The monoisotopic (exact) mass is 272 g/mol. The van der Waals surface area contributed by atoms with Gasteiger partial charge in [-0.1, -0.05) is 0 Å². The quantitative estimate of drug-likeness (QED) is 0.926. The molecule has 1 unspecified atom stereocenters. The van der Waals surface area contributed by atoms with Crippen molar-refractivity contribution in [3.8, 4) is 0 Å². The lowest BCUT2D eigenvalue weighted by Crippen LogP contribution is -2.26. The number of hydrogen-bond donors (Lipinski definition) is 1. The Morgan fingerprint density at radius 2 is 2.25 bits per heavy atom. The van der Waals surface area contributed by atoms with Gasteiger partial charge >= 0.3 is 0 Å². The lowest BCUT2D eigenvalue weighted by atomic mass is 10.3. The van der Waals surface area contributed by atoms with Crippen molar-refractivity contribution in [2.24, 2.45) is 0 Å². The molecule has 0 radical (unpaired) electrons. The molecule has 0 spiro atoms. The standard InChI is InChI=1S/C15H20N4O/c1-11-5-7-16-15(17-11)18-13-6-8-19(9-13)10-14-4-3-12(2)20-14/h3-5,7,13H,6,8-10H2,1-2H3,(H,16,17,18). The molecule has 0 bridgehead atoms. The van der Waals surface area contributed by atoms with E-state index < -0.39 is 0 Å². The Balaban J connectivity index is 1.54. The molecular formula is C15H20N4O. The summed E-state index contributed by atoms with van der Waals surface area (Å²) < 4.78 is 5.63. The molecule has 1 aliphatic heterocycles. The Labute approximate surface area is 119 Å². The summed E-state index contributed by atoms with van der Waals surface area (Å²) in [5.41, 5.74) is 0.989. The second-order valence-corrected chi connectivity index (χ2v) is 5.40. The van der Waals surface area contributed by atoms with Gasteiger partial charge in [0.05, 0.1) is 6.54 Å². The number of rotatable bonds is 4. The summed E-state index contributed by atoms with van der Waals surface area (Å²) in [6.45, 7) is 6.90. The average molecular weight is 272 g/mol. The Morgan fingerprint density at radius 3 is 3.00 bits per heavy atom. The number of hydrogen-bond acceptors (Lipinski definition) is 5. The van der Waals surface area contributed by atoms with Crippen LogP contribution >= 0.6 is 0 Å². The molecule has 1 N–H and O–H groups in total. The SMILES string of the molecule is Cc1ccnc(NC2CCN(Cc3ccc(C)o3)C2)n1. The van der Waals surface area contributed by atoms with Gasteiger partial charge in [0.15, 0.2) is 0 Å². The minimum atomic E-state index is 0.410. The fourth-order valence-corrected chi connectivity index (χ4v) is 2.59. The average Bonchev–Trinajstić information content (AvgIpc) is 3.00. The third kappa shape index (κ3) is 3.17. The summed E-state index contributed by atoms with van der Waals surface area (Å²) in [7, 11) is 0. The van der Waals surface area contributed by atoms with Crippen molar-refractivity contribution in [1.29, 1.82) is 0 Å². The maximum Gasteiger partial charge on any atom is 0.223 e. The smallest absolute Gasteiger partial charge is 0.223 e. The van der Waals surface area contributed by atoms with Crippen LogP contribution in [0.25, 0.3) is 0 Å². The fraction of sp³-hybridized carbons (Fsp3) is 0.467. The van der Waals surface area contributed by atoms with Crippen LogP contribution in [0.15, 0.2) is 28.8 Å². The van der Waals surface area contributed by atoms with Crippen LogP contribution in [0.2, 0.25) is 0 Å². The van der Waals surface area contributed by atoms with Gasteiger partial charge in [0.1, 0.15) is 11.5 Å². The first-order valence-electron chi connectivity index (χ1n) is 7.03. The van der Waals surface area contributed by atoms with Crippen LogP contribution in [0.5, 0.6) is 0 Å². The van der Waals surface area contributed by atoms with Crippen molar-refractivity contribution in [3.63, 3.8) is 0 Å². The van der Waals surface area contributed by atoms with Crippen molar-refractivity contribution >= 4 is 5.95 Å². The molecule has 0 amide bonds. The molecule has 20 heavy (non-hydrogen) atoms. The van der Waals surface area contributed by atoms with E-state index >= 15 is 0 Å². The molecule has 2 aromatic rings. The van der Waals surface area contributed by atoms with Gasteiger partial charge in [-0.15, -0.1) is 0 Å². The van der Waals surface area contributed by atoms with Crippen LogP contribution in [0.3, 0.4) is 0 Å². The van der Waals surface area contributed by atoms with Crippen LogP contribution in [0.1, 0.15) is 23.6 Å². The zero-order valence-corrected chi connectivity index (χ0v) is 12.0. The maximum atomic E-state index is 5.63. The fourth-order valence-electron chi connectivity index (χ4n) is 2.59. The third-order valence-electron chi connectivity index (χ3n) is 3.58. The molecule has 0 aromatic carbocycles. The first kappa shape index (κ1) is 13.1. The van der Waals surface area contributed by atoms with E-state index in [9.17, 15) is 0 Å². The van der Waals surface area contributed by atoms with Crippen LogP contribution in [-0.4, -0.2) is 34.0 Å². The van der Waals surface area contributed by atoms with Crippen molar-refractivity contribution in [1.82, 2.24) is 14.9 Å². The summed E-state index contributed by atoms with van der Waals surface area (Å²) in [6, 6.07) is 6.39. The zero-order valence-electron chi connectivity index (χ0n) is 12.0. The van der Waals surface area contributed by atoms with Crippen molar-refractivity contribution in [2.45, 2.75) is 32.9 Å². The second-order valence-electron chi connectivity index (χ2n) is 5.40. The predicted molar refractivity (Wildman–Crippen MR) is 77.5 cm³/mol. The summed E-state index contributed by atoms with van der Waals surface area (Å²) in [5, 5.41) is 3.41. The molecule has 0 aliphatic carbocycles. The molecule has 1 aliphatic rings. The van der Waals surface area contributed by atoms with E-state index in [0.29, 0.717) is 6.04 Å². The summed E-state index contributed by atoms with van der Waals surface area (Å²) in [6.07, 6.45) is 2.90. The Morgan fingerprint density at radius 1 is 1.35 bits per heavy atom. The van der Waals surface area contributed by atoms with Gasteiger partial charge < -0.3 is 9.73 Å². The van der Waals surface area contributed by atoms with E-state index in [2.05, 4.69) is 26.3 Å². The van der Waals surface area contributed by atoms with Crippen LogP contribution < -0.4 is 5.32 Å². The summed E-state index contributed by atoms with van der Waals surface area (Å²) in [4.78, 5) is 11.0. The number of furan rings is 1. The first-order chi connectivity index (χ1) is 9.69. The first-order valence-corrected chi connectivity index (χ1v) is 7.03. The largest absolute Gasteiger partial charge is 0.465 e. The number of aromatic nitrogens is 2. The van der Waals surface area contributed by atoms with Gasteiger partial charge in [-0.05, 0) is 38.5 Å². The van der Waals surface area contributed by atoms with Gasteiger partial charge in [0.25, 0.3) is 0 Å². The Hall–Kier alpha value is -1.88. The van der Waals surface area contributed by atoms with E-state index in [-0.39, 0.29) is 0 Å². The zero-order chi connectivity index (χ0) is 13.9. The molecule has 0 saturated carbocycles. The highest BCUT2D eigenvalue weighted by Crippen LogP contribution is 2.17. The molecule has 3 heterocycles. The molecule has 1 fully saturated rings. The number of nitrogens with one attached hydrogen (secondary N) is 1.